The van der Waals surface area contributed by atoms with Crippen LogP contribution in [0.3, 0.4) is 0 Å². The van der Waals surface area contributed by atoms with Gasteiger partial charge in [0.1, 0.15) is 6.29 Å². The number of cyclic esters (lactones) is 2. The van der Waals surface area contributed by atoms with Crippen molar-refractivity contribution in [3.63, 3.8) is 0 Å². The number of carboxylic acids is 1. The van der Waals surface area contributed by atoms with Crippen molar-refractivity contribution in [3.05, 3.63) is 11.8 Å². The summed E-state index contributed by atoms with van der Waals surface area (Å²) in [6, 6.07) is 0. The van der Waals surface area contributed by atoms with Crippen molar-refractivity contribution < 1.29 is 58.7 Å². The number of hydrogen-bond donors (Lipinski definition) is 2. The van der Waals surface area contributed by atoms with Crippen LogP contribution in [-0.4, -0.2) is 46.2 Å². The minimum atomic E-state index is -0.876. The molecule has 2 aliphatic heterocycles. The second kappa shape index (κ2) is 24.7. The Morgan fingerprint density at radius 2 is 1.46 bits per heavy atom. The van der Waals surface area contributed by atoms with Gasteiger partial charge >= 0.3 is 132 Å². The number of carboxylic acid groups (broad SMARTS) is 1. The van der Waals surface area contributed by atoms with Crippen LogP contribution in [0.5, 0.6) is 0 Å². The Morgan fingerprint density at radius 1 is 0.957 bits per heavy atom. The van der Waals surface area contributed by atoms with E-state index in [9.17, 15) is 24.3 Å². The molecule has 9 nitrogen and oxygen atoms in total. The van der Waals surface area contributed by atoms with E-state index >= 15 is 0 Å². The van der Waals surface area contributed by atoms with E-state index in [1.54, 1.807) is 6.26 Å². The standard InChI is InChI=1S/2C10H16O3.C10H14O2.5HI.H2O.2V/c1-5-3-4-7-6(2)9(11)13-10(12)8(5)7;1-6-3-4-8(7(2)5-11)9(6)10(12)13;1-6-3-4-8-7(2)5-12-10(11)9(6)8;;;;;;;;/h5-9,11H,3-4H2,1-2H3;5-9H,3-4H2,1-2H3,(H,12,13);5-6,8-9H,3-4H2,1-2H3;5*1H;1H2;;/q;;;;;;;;;+2;+3/p-5. The Morgan fingerprint density at radius 3 is 1.96 bits per heavy atom. The van der Waals surface area contributed by atoms with Crippen molar-refractivity contribution in [2.45, 2.75) is 86.4 Å². The maximum absolute atomic E-state index is 11.5. The molecule has 12 unspecified atom stereocenters. The number of aliphatic hydroxyl groups is 1. The van der Waals surface area contributed by atoms with Gasteiger partial charge in [-0.1, -0.05) is 34.6 Å². The summed E-state index contributed by atoms with van der Waals surface area (Å²) < 4.78 is 9.87. The molecular formula is C30H48I5O9V2. The molecule has 0 aromatic heterocycles. The predicted molar refractivity (Wildman–Crippen MR) is 214 cm³/mol. The molecule has 0 spiro atoms. The zero-order chi connectivity index (χ0) is 34.6. The quantitative estimate of drug-likeness (QED) is 0.162. The fourth-order valence-corrected chi connectivity index (χ4v) is 7.53. The van der Waals surface area contributed by atoms with Gasteiger partial charge in [0.2, 0.25) is 6.29 Å². The third kappa shape index (κ3) is 14.9. The van der Waals surface area contributed by atoms with Crippen LogP contribution in [0.15, 0.2) is 11.8 Å². The fraction of sp³-hybridized carbons (Fsp3) is 0.800. The molecular weight excluding hydrogens is 1240 g/mol. The summed E-state index contributed by atoms with van der Waals surface area (Å²) >= 11 is 12.1. The van der Waals surface area contributed by atoms with Crippen molar-refractivity contribution in [1.29, 1.82) is 0 Å². The molecule has 5 aliphatic rings. The first-order chi connectivity index (χ1) is 21.0. The molecule has 16 heteroatoms. The molecule has 1 saturated heterocycles. The van der Waals surface area contributed by atoms with Gasteiger partial charge in [0.15, 0.2) is 0 Å². The number of fused-ring (bicyclic) bond motifs is 2. The summed E-state index contributed by atoms with van der Waals surface area (Å²) in [5.74, 6) is 0.896. The topological polar surface area (TPSA) is 159 Å². The van der Waals surface area contributed by atoms with Gasteiger partial charge in [-0.3, -0.25) is 14.4 Å². The third-order valence-corrected chi connectivity index (χ3v) is 10.1. The van der Waals surface area contributed by atoms with Gasteiger partial charge < -0.3 is 30.0 Å². The van der Waals surface area contributed by atoms with E-state index < -0.39 is 12.3 Å². The number of halogens is 5. The molecule has 3 aliphatic carbocycles. The minimum absolute atomic E-state index is 0. The van der Waals surface area contributed by atoms with E-state index in [0.717, 1.165) is 44.8 Å². The predicted octanol–water partition coefficient (Wildman–Crippen LogP) is 8.44. The summed E-state index contributed by atoms with van der Waals surface area (Å²) in [6.07, 6.45) is 7.89. The van der Waals surface area contributed by atoms with Gasteiger partial charge in [0.05, 0.1) is 24.0 Å². The summed E-state index contributed by atoms with van der Waals surface area (Å²) in [5.41, 5.74) is 1.24. The number of allylic oxidation sites excluding steroid dienone is 1. The monoisotopic (exact) mass is 1290 g/mol. The van der Waals surface area contributed by atoms with E-state index in [1.807, 2.05) is 20.8 Å². The molecule has 12 atom stereocenters. The summed E-state index contributed by atoms with van der Waals surface area (Å²) in [6.45, 7) is 12.0. The second-order valence-corrected chi connectivity index (χ2v) is 59.9. The third-order valence-electron chi connectivity index (χ3n) is 10.1. The SMILES string of the molecule is CC(C=O)C1CCC(C)C1C(=O)O.CC1=COC(=O)C2C(C)CCC12.CC1CCC2C(C)C(O)OC(=O)C12.O.[I][V]([I])[I].[I][V][I]. The average molecular weight is 1290 g/mol. The molecule has 4 N–H and O–H groups in total. The number of esters is 2. The van der Waals surface area contributed by atoms with Crippen LogP contribution in [-0.2, 0) is 43.0 Å². The van der Waals surface area contributed by atoms with Gasteiger partial charge in [-0.15, -0.1) is 0 Å². The van der Waals surface area contributed by atoms with Crippen molar-refractivity contribution in [3.8, 4) is 0 Å². The van der Waals surface area contributed by atoms with Crippen molar-refractivity contribution in [1.82, 2.24) is 0 Å². The van der Waals surface area contributed by atoms with Crippen molar-refractivity contribution >= 4 is 124 Å². The van der Waals surface area contributed by atoms with E-state index in [4.69, 9.17) is 14.6 Å². The van der Waals surface area contributed by atoms with Crippen LogP contribution in [0.4, 0.5) is 0 Å². The molecule has 3 saturated carbocycles. The van der Waals surface area contributed by atoms with Gasteiger partial charge in [0.25, 0.3) is 0 Å². The molecule has 267 valence electrons. The summed E-state index contributed by atoms with van der Waals surface area (Å²) in [4.78, 5) is 44.0. The van der Waals surface area contributed by atoms with Gasteiger partial charge in [0, 0.05) is 11.8 Å². The van der Waals surface area contributed by atoms with Crippen molar-refractivity contribution in [2.75, 3.05) is 0 Å². The molecule has 0 radical (unpaired) electrons. The number of aliphatic carboxylic acids is 1. The van der Waals surface area contributed by atoms with Gasteiger partial charge in [-0.25, -0.2) is 0 Å². The summed E-state index contributed by atoms with van der Waals surface area (Å²) in [5, 5.41) is 18.4. The first-order valence-electron chi connectivity index (χ1n) is 15.2. The van der Waals surface area contributed by atoms with Gasteiger partial charge in [-0.05, 0) is 86.5 Å². The van der Waals surface area contributed by atoms with Crippen LogP contribution in [0.2, 0.25) is 0 Å². The zero-order valence-electron chi connectivity index (χ0n) is 27.0. The maximum atomic E-state index is 11.5. The number of ether oxygens (including phenoxy) is 2. The van der Waals surface area contributed by atoms with Crippen LogP contribution in [0.1, 0.15) is 80.1 Å². The van der Waals surface area contributed by atoms with Crippen LogP contribution < -0.4 is 0 Å². The Hall–Kier alpha value is 2.56. The van der Waals surface area contributed by atoms with Crippen LogP contribution in [0, 0.1) is 65.1 Å². The normalized spacial score (nSPS) is 35.8. The molecule has 2 heterocycles. The molecule has 0 aromatic rings. The van der Waals surface area contributed by atoms with E-state index in [2.05, 4.69) is 121 Å². The first-order valence-corrected chi connectivity index (χ1v) is 37.7. The number of carbonyl (C=O) groups is 4. The Balaban J connectivity index is 0.000000593. The molecule has 0 aromatic carbocycles. The van der Waals surface area contributed by atoms with Crippen LogP contribution in [0.25, 0.3) is 0 Å². The Labute approximate surface area is 341 Å². The Kier molecular flexibility index (Phi) is 26.1. The van der Waals surface area contributed by atoms with E-state index in [0.29, 0.717) is 33.1 Å². The molecule has 46 heavy (non-hydrogen) atoms. The number of aldehydes is 1. The number of aliphatic hydroxyl groups excluding tert-OH is 1. The molecule has 0 amide bonds. The van der Waals surface area contributed by atoms with E-state index in [-0.39, 0.29) is 63.8 Å². The average Bonchev–Trinajstić information content (AvgIpc) is 3.67. The number of hydrogen-bond acceptors (Lipinski definition) is 7. The second-order valence-electron chi connectivity index (χ2n) is 12.7. The zero-order valence-corrected chi connectivity index (χ0v) is 40.5. The number of rotatable bonds is 3. The molecule has 0 bridgehead atoms. The molecule has 4 fully saturated rings. The van der Waals surface area contributed by atoms with Crippen LogP contribution >= 0.6 is 99.9 Å². The first kappa shape index (κ1) is 48.6. The molecule has 5 rings (SSSR count). The number of carbonyl (C=O) groups excluding carboxylic acids is 3. The van der Waals surface area contributed by atoms with Crippen molar-refractivity contribution in [2.24, 2.45) is 65.1 Å². The van der Waals surface area contributed by atoms with Gasteiger partial charge in [-0.2, -0.15) is 0 Å². The Bertz CT molecular complexity index is 1010. The van der Waals surface area contributed by atoms with E-state index in [1.165, 1.54) is 5.57 Å². The summed E-state index contributed by atoms with van der Waals surface area (Å²) in [7, 11) is 0.628. The fourth-order valence-electron chi connectivity index (χ4n) is 7.53.